The minimum Gasteiger partial charge on any atom is -0.494 e. The zero-order valence-electron chi connectivity index (χ0n) is 13.5. The van der Waals surface area contributed by atoms with Gasteiger partial charge in [0.05, 0.1) is 7.11 Å². The molecule has 0 radical (unpaired) electrons. The molecule has 1 saturated carbocycles. The van der Waals surface area contributed by atoms with Crippen molar-refractivity contribution in [2.75, 3.05) is 13.7 Å². The van der Waals surface area contributed by atoms with E-state index < -0.39 is 0 Å². The van der Waals surface area contributed by atoms with E-state index in [0.29, 0.717) is 5.75 Å². The Morgan fingerprint density at radius 1 is 1.29 bits per heavy atom. The molecule has 0 bridgehead atoms. The molecule has 0 aromatic heterocycles. The molecule has 1 N–H and O–H groups in total. The van der Waals surface area contributed by atoms with Crippen LogP contribution in [-0.4, -0.2) is 13.7 Å². The second kappa shape index (κ2) is 7.79. The van der Waals surface area contributed by atoms with Gasteiger partial charge in [0.25, 0.3) is 0 Å². The van der Waals surface area contributed by atoms with Crippen molar-refractivity contribution in [1.82, 2.24) is 5.32 Å². The van der Waals surface area contributed by atoms with Crippen LogP contribution < -0.4 is 10.1 Å². The average Bonchev–Trinajstić information content (AvgIpc) is 2.49. The van der Waals surface area contributed by atoms with Gasteiger partial charge in [-0.1, -0.05) is 38.7 Å². The SMILES string of the molecule is COc1ccc(C(C)NCCC2CCC(C)CC2)cc1F. The van der Waals surface area contributed by atoms with Gasteiger partial charge in [0, 0.05) is 6.04 Å². The highest BCUT2D eigenvalue weighted by Crippen LogP contribution is 2.30. The van der Waals surface area contributed by atoms with Gasteiger partial charge in [-0.3, -0.25) is 0 Å². The zero-order chi connectivity index (χ0) is 15.2. The van der Waals surface area contributed by atoms with Gasteiger partial charge >= 0.3 is 0 Å². The summed E-state index contributed by atoms with van der Waals surface area (Å²) >= 11 is 0. The van der Waals surface area contributed by atoms with Crippen LogP contribution in [0, 0.1) is 17.7 Å². The zero-order valence-corrected chi connectivity index (χ0v) is 13.5. The van der Waals surface area contributed by atoms with E-state index in [1.54, 1.807) is 12.1 Å². The van der Waals surface area contributed by atoms with E-state index in [9.17, 15) is 4.39 Å². The Bertz CT molecular complexity index is 441. The summed E-state index contributed by atoms with van der Waals surface area (Å²) in [6, 6.07) is 5.37. The fraction of sp³-hybridized carbons (Fsp3) is 0.667. The molecular weight excluding hydrogens is 265 g/mol. The van der Waals surface area contributed by atoms with Crippen LogP contribution in [0.25, 0.3) is 0 Å². The Balaban J connectivity index is 1.76. The first-order valence-electron chi connectivity index (χ1n) is 8.17. The van der Waals surface area contributed by atoms with Crippen molar-refractivity contribution in [3.63, 3.8) is 0 Å². The largest absolute Gasteiger partial charge is 0.494 e. The smallest absolute Gasteiger partial charge is 0.165 e. The third-order valence-electron chi connectivity index (χ3n) is 4.81. The van der Waals surface area contributed by atoms with E-state index in [1.165, 1.54) is 39.2 Å². The quantitative estimate of drug-likeness (QED) is 0.820. The molecule has 118 valence electrons. The first-order valence-corrected chi connectivity index (χ1v) is 8.17. The maximum Gasteiger partial charge on any atom is 0.165 e. The molecule has 1 aliphatic rings. The molecule has 0 amide bonds. The number of halogens is 1. The highest BCUT2D eigenvalue weighted by Gasteiger charge is 2.18. The van der Waals surface area contributed by atoms with Crippen molar-refractivity contribution in [2.45, 2.75) is 52.0 Å². The van der Waals surface area contributed by atoms with Crippen LogP contribution in [0.5, 0.6) is 5.75 Å². The van der Waals surface area contributed by atoms with Gasteiger partial charge in [0.1, 0.15) is 0 Å². The minimum absolute atomic E-state index is 0.174. The lowest BCUT2D eigenvalue weighted by atomic mass is 9.81. The molecule has 1 unspecified atom stereocenters. The van der Waals surface area contributed by atoms with Crippen molar-refractivity contribution < 1.29 is 9.13 Å². The Morgan fingerprint density at radius 2 is 2.00 bits per heavy atom. The van der Waals surface area contributed by atoms with E-state index in [4.69, 9.17) is 4.74 Å². The van der Waals surface area contributed by atoms with Crippen LogP contribution in [0.4, 0.5) is 4.39 Å². The summed E-state index contributed by atoms with van der Waals surface area (Å²) in [6.07, 6.45) is 6.73. The molecule has 1 aromatic carbocycles. The van der Waals surface area contributed by atoms with Crippen molar-refractivity contribution in [3.8, 4) is 5.75 Å². The maximum absolute atomic E-state index is 13.7. The van der Waals surface area contributed by atoms with E-state index in [1.807, 2.05) is 6.07 Å². The molecule has 0 saturated heterocycles. The van der Waals surface area contributed by atoms with Crippen LogP contribution in [0.2, 0.25) is 0 Å². The third-order valence-corrected chi connectivity index (χ3v) is 4.81. The van der Waals surface area contributed by atoms with Crippen molar-refractivity contribution in [1.29, 1.82) is 0 Å². The standard InChI is InChI=1S/C18H28FNO/c1-13-4-6-15(7-5-13)10-11-20-14(2)16-8-9-18(21-3)17(19)12-16/h8-9,12-15,20H,4-7,10-11H2,1-3H3. The molecule has 0 spiro atoms. The molecule has 1 aliphatic carbocycles. The molecule has 0 aliphatic heterocycles. The van der Waals surface area contributed by atoms with Crippen molar-refractivity contribution in [3.05, 3.63) is 29.6 Å². The first-order chi connectivity index (χ1) is 10.1. The molecule has 0 heterocycles. The number of nitrogens with one attached hydrogen (secondary N) is 1. The van der Waals surface area contributed by atoms with E-state index in [0.717, 1.165) is 23.9 Å². The predicted octanol–water partition coefficient (Wildman–Crippen LogP) is 4.70. The van der Waals surface area contributed by atoms with Gasteiger partial charge in [-0.2, -0.15) is 0 Å². The first kappa shape index (κ1) is 16.3. The molecule has 3 heteroatoms. The average molecular weight is 293 g/mol. The minimum atomic E-state index is -0.287. The second-order valence-corrected chi connectivity index (χ2v) is 6.48. The van der Waals surface area contributed by atoms with E-state index >= 15 is 0 Å². The fourth-order valence-corrected chi connectivity index (χ4v) is 3.19. The monoisotopic (exact) mass is 293 g/mol. The number of hydrogen-bond acceptors (Lipinski definition) is 2. The normalized spacial score (nSPS) is 23.8. The summed E-state index contributed by atoms with van der Waals surface area (Å²) in [5.74, 6) is 1.80. The molecule has 1 fully saturated rings. The third kappa shape index (κ3) is 4.70. The highest BCUT2D eigenvalue weighted by atomic mass is 19.1. The Labute approximate surface area is 128 Å². The van der Waals surface area contributed by atoms with Crippen molar-refractivity contribution >= 4 is 0 Å². The number of ether oxygens (including phenoxy) is 1. The van der Waals surface area contributed by atoms with Crippen LogP contribution in [0.15, 0.2) is 18.2 Å². The summed E-state index contributed by atoms with van der Waals surface area (Å²) in [6.45, 7) is 5.45. The van der Waals surface area contributed by atoms with Crippen LogP contribution in [0.1, 0.15) is 57.6 Å². The summed E-state index contributed by atoms with van der Waals surface area (Å²) in [7, 11) is 1.49. The Morgan fingerprint density at radius 3 is 2.62 bits per heavy atom. The Hall–Kier alpha value is -1.09. The fourth-order valence-electron chi connectivity index (χ4n) is 3.19. The molecule has 1 atom stereocenters. The topological polar surface area (TPSA) is 21.3 Å². The number of benzene rings is 1. The molecule has 2 rings (SSSR count). The van der Waals surface area contributed by atoms with Crippen LogP contribution in [-0.2, 0) is 0 Å². The van der Waals surface area contributed by atoms with Gasteiger partial charge in [0.2, 0.25) is 0 Å². The lowest BCUT2D eigenvalue weighted by molar-refractivity contribution is 0.273. The van der Waals surface area contributed by atoms with E-state index in [-0.39, 0.29) is 11.9 Å². The lowest BCUT2D eigenvalue weighted by Gasteiger charge is -2.26. The number of hydrogen-bond donors (Lipinski definition) is 1. The summed E-state index contributed by atoms with van der Waals surface area (Å²) in [5.41, 5.74) is 0.977. The molecule has 1 aromatic rings. The highest BCUT2D eigenvalue weighted by molar-refractivity contribution is 5.30. The summed E-state index contributed by atoms with van der Waals surface area (Å²) in [5, 5.41) is 3.51. The van der Waals surface area contributed by atoms with Crippen LogP contribution >= 0.6 is 0 Å². The number of rotatable bonds is 6. The Kier molecular flexibility index (Phi) is 6.04. The maximum atomic E-state index is 13.7. The molecular formula is C18H28FNO. The second-order valence-electron chi connectivity index (χ2n) is 6.48. The summed E-state index contributed by atoms with van der Waals surface area (Å²) < 4.78 is 18.7. The molecule has 2 nitrogen and oxygen atoms in total. The van der Waals surface area contributed by atoms with Crippen LogP contribution in [0.3, 0.4) is 0 Å². The van der Waals surface area contributed by atoms with Gasteiger partial charge < -0.3 is 10.1 Å². The van der Waals surface area contributed by atoms with Gasteiger partial charge in [-0.15, -0.1) is 0 Å². The molecule has 21 heavy (non-hydrogen) atoms. The van der Waals surface area contributed by atoms with Gasteiger partial charge in [0.15, 0.2) is 11.6 Å². The van der Waals surface area contributed by atoms with Gasteiger partial charge in [-0.25, -0.2) is 4.39 Å². The predicted molar refractivity (Wildman–Crippen MR) is 85.1 cm³/mol. The van der Waals surface area contributed by atoms with Gasteiger partial charge in [-0.05, 0) is 49.4 Å². The lowest BCUT2D eigenvalue weighted by Crippen LogP contribution is -2.23. The number of methoxy groups -OCH3 is 1. The summed E-state index contributed by atoms with van der Waals surface area (Å²) in [4.78, 5) is 0. The van der Waals surface area contributed by atoms with E-state index in [2.05, 4.69) is 19.2 Å². The van der Waals surface area contributed by atoms with Crippen molar-refractivity contribution in [2.24, 2.45) is 11.8 Å².